The Bertz CT molecular complexity index is 609. The van der Waals surface area contributed by atoms with Crippen molar-refractivity contribution in [3.05, 3.63) is 47.8 Å². The summed E-state index contributed by atoms with van der Waals surface area (Å²) in [6.45, 7) is 1.12. The second kappa shape index (κ2) is 5.32. The molecule has 0 spiro atoms. The molecule has 0 saturated carbocycles. The summed E-state index contributed by atoms with van der Waals surface area (Å²) < 4.78 is 18.1. The van der Waals surface area contributed by atoms with Gasteiger partial charge >= 0.3 is 0 Å². The number of carbonyl (C=O) groups excluding carboxylic acids is 1. The van der Waals surface area contributed by atoms with Gasteiger partial charge in [-0.1, -0.05) is 0 Å². The van der Waals surface area contributed by atoms with Gasteiger partial charge in [0.05, 0.1) is 24.3 Å². The monoisotopic (exact) mass is 275 g/mol. The molecule has 20 heavy (non-hydrogen) atoms. The Balaban J connectivity index is 1.56. The van der Waals surface area contributed by atoms with E-state index in [4.69, 9.17) is 4.74 Å². The van der Waals surface area contributed by atoms with Crippen LogP contribution in [0.25, 0.3) is 0 Å². The van der Waals surface area contributed by atoms with Crippen LogP contribution in [-0.4, -0.2) is 33.9 Å². The number of rotatable bonds is 3. The molecule has 1 amide bonds. The first kappa shape index (κ1) is 12.7. The van der Waals surface area contributed by atoms with Crippen molar-refractivity contribution in [2.24, 2.45) is 0 Å². The molecule has 1 N–H and O–H groups in total. The van der Waals surface area contributed by atoms with Gasteiger partial charge in [0.2, 0.25) is 0 Å². The molecule has 1 aliphatic rings. The molecule has 2 aromatic rings. The van der Waals surface area contributed by atoms with Crippen molar-refractivity contribution in [3.63, 3.8) is 0 Å². The van der Waals surface area contributed by atoms with Gasteiger partial charge in [-0.05, 0) is 24.3 Å². The summed E-state index contributed by atoms with van der Waals surface area (Å²) in [5.74, 6) is 0.0695. The van der Waals surface area contributed by atoms with Crippen LogP contribution in [0.4, 0.5) is 4.39 Å². The molecule has 0 radical (unpaired) electrons. The smallest absolute Gasteiger partial charge is 0.260 e. The maximum Gasteiger partial charge on any atom is 0.260 e. The number of nitrogens with one attached hydrogen (secondary N) is 1. The zero-order valence-corrected chi connectivity index (χ0v) is 10.8. The lowest BCUT2D eigenvalue weighted by atomic mass is 10.1. The first-order chi connectivity index (χ1) is 9.72. The van der Waals surface area contributed by atoms with Gasteiger partial charge in [-0.2, -0.15) is 0 Å². The maximum absolute atomic E-state index is 12.7. The summed E-state index contributed by atoms with van der Waals surface area (Å²) >= 11 is 0. The first-order valence-corrected chi connectivity index (χ1v) is 6.39. The van der Waals surface area contributed by atoms with Crippen LogP contribution in [0.5, 0.6) is 5.75 Å². The van der Waals surface area contributed by atoms with Crippen LogP contribution in [0, 0.1) is 5.82 Å². The van der Waals surface area contributed by atoms with Crippen molar-refractivity contribution < 1.29 is 13.9 Å². The Kier molecular flexibility index (Phi) is 3.37. The Morgan fingerprint density at radius 2 is 2.20 bits per heavy atom. The van der Waals surface area contributed by atoms with Crippen molar-refractivity contribution in [2.75, 3.05) is 13.2 Å². The number of hydrogen-bond acceptors (Lipinski definition) is 3. The SMILES string of the molecule is O=C(COc1ccc(F)cc1)N1CCc2nc[nH]c2C1. The normalized spacial score (nSPS) is 13.9. The van der Waals surface area contributed by atoms with Gasteiger partial charge in [0.1, 0.15) is 11.6 Å². The summed E-state index contributed by atoms with van der Waals surface area (Å²) in [5, 5.41) is 0. The summed E-state index contributed by atoms with van der Waals surface area (Å²) in [6, 6.07) is 5.62. The molecule has 5 nitrogen and oxygen atoms in total. The van der Waals surface area contributed by atoms with E-state index in [-0.39, 0.29) is 18.3 Å². The fourth-order valence-electron chi connectivity index (χ4n) is 2.19. The Labute approximate surface area is 115 Å². The van der Waals surface area contributed by atoms with E-state index in [1.165, 1.54) is 24.3 Å². The third-order valence-electron chi connectivity index (χ3n) is 3.30. The summed E-state index contributed by atoms with van der Waals surface area (Å²) in [7, 11) is 0. The lowest BCUT2D eigenvalue weighted by Gasteiger charge is -2.26. The number of aromatic amines is 1. The molecule has 2 heterocycles. The Morgan fingerprint density at radius 3 is 3.00 bits per heavy atom. The fraction of sp³-hybridized carbons (Fsp3) is 0.286. The fourth-order valence-corrected chi connectivity index (χ4v) is 2.19. The molecule has 3 rings (SSSR count). The lowest BCUT2D eigenvalue weighted by molar-refractivity contribution is -0.134. The number of benzene rings is 1. The second-order valence-electron chi connectivity index (χ2n) is 4.64. The Hall–Kier alpha value is -2.37. The topological polar surface area (TPSA) is 58.2 Å². The van der Waals surface area contributed by atoms with Gasteiger partial charge in [-0.25, -0.2) is 9.37 Å². The van der Waals surface area contributed by atoms with E-state index in [0.29, 0.717) is 18.8 Å². The molecular weight excluding hydrogens is 261 g/mol. The van der Waals surface area contributed by atoms with Gasteiger partial charge in [0, 0.05) is 13.0 Å². The van der Waals surface area contributed by atoms with Crippen molar-refractivity contribution in [1.82, 2.24) is 14.9 Å². The second-order valence-corrected chi connectivity index (χ2v) is 4.64. The number of amides is 1. The summed E-state index contributed by atoms with van der Waals surface area (Å²) in [4.78, 5) is 21.0. The molecular formula is C14H14FN3O2. The number of hydrogen-bond donors (Lipinski definition) is 1. The quantitative estimate of drug-likeness (QED) is 0.923. The molecule has 6 heteroatoms. The van der Waals surface area contributed by atoms with Crippen LogP contribution in [0.1, 0.15) is 11.4 Å². The zero-order valence-electron chi connectivity index (χ0n) is 10.8. The van der Waals surface area contributed by atoms with Crippen molar-refractivity contribution in [3.8, 4) is 5.75 Å². The molecule has 1 aliphatic heterocycles. The third kappa shape index (κ3) is 2.64. The maximum atomic E-state index is 12.7. The molecule has 104 valence electrons. The van der Waals surface area contributed by atoms with Crippen LogP contribution in [0.2, 0.25) is 0 Å². The molecule has 0 saturated heterocycles. The summed E-state index contributed by atoms with van der Waals surface area (Å²) in [5.41, 5.74) is 2.00. The number of H-pyrrole nitrogens is 1. The first-order valence-electron chi connectivity index (χ1n) is 6.39. The van der Waals surface area contributed by atoms with E-state index < -0.39 is 0 Å². The van der Waals surface area contributed by atoms with E-state index in [1.807, 2.05) is 0 Å². The molecule has 1 aromatic heterocycles. The number of nitrogens with zero attached hydrogens (tertiary/aromatic N) is 2. The van der Waals surface area contributed by atoms with Crippen molar-refractivity contribution in [1.29, 1.82) is 0 Å². The van der Waals surface area contributed by atoms with Crippen molar-refractivity contribution in [2.45, 2.75) is 13.0 Å². The van der Waals surface area contributed by atoms with E-state index in [9.17, 15) is 9.18 Å². The van der Waals surface area contributed by atoms with E-state index in [0.717, 1.165) is 17.8 Å². The van der Waals surface area contributed by atoms with E-state index in [2.05, 4.69) is 9.97 Å². The highest BCUT2D eigenvalue weighted by atomic mass is 19.1. The molecule has 0 atom stereocenters. The number of carbonyl (C=O) groups is 1. The highest BCUT2D eigenvalue weighted by Crippen LogP contribution is 2.16. The average Bonchev–Trinajstić information content (AvgIpc) is 2.93. The molecule has 0 unspecified atom stereocenters. The molecule has 0 bridgehead atoms. The van der Waals surface area contributed by atoms with Crippen LogP contribution < -0.4 is 4.74 Å². The van der Waals surface area contributed by atoms with E-state index in [1.54, 1.807) is 11.2 Å². The number of imidazole rings is 1. The minimum atomic E-state index is -0.327. The van der Waals surface area contributed by atoms with Gasteiger partial charge in [0.25, 0.3) is 5.91 Å². The van der Waals surface area contributed by atoms with Crippen LogP contribution >= 0.6 is 0 Å². The number of aromatic nitrogens is 2. The average molecular weight is 275 g/mol. The van der Waals surface area contributed by atoms with Gasteiger partial charge in [-0.15, -0.1) is 0 Å². The molecule has 0 fully saturated rings. The third-order valence-corrected chi connectivity index (χ3v) is 3.30. The van der Waals surface area contributed by atoms with Gasteiger partial charge < -0.3 is 14.6 Å². The predicted molar refractivity (Wildman–Crippen MR) is 69.6 cm³/mol. The standard InChI is InChI=1S/C14H14FN3O2/c15-10-1-3-11(4-2-10)20-8-14(19)18-6-5-12-13(7-18)17-9-16-12/h1-4,9H,5-8H2,(H,16,17). The Morgan fingerprint density at radius 1 is 1.40 bits per heavy atom. The molecule has 1 aromatic carbocycles. The van der Waals surface area contributed by atoms with Crippen LogP contribution in [0.15, 0.2) is 30.6 Å². The van der Waals surface area contributed by atoms with Gasteiger partial charge in [-0.3, -0.25) is 4.79 Å². The molecule has 0 aliphatic carbocycles. The predicted octanol–water partition coefficient (Wildman–Crippen LogP) is 1.51. The largest absolute Gasteiger partial charge is 0.484 e. The number of fused-ring (bicyclic) bond motifs is 1. The van der Waals surface area contributed by atoms with E-state index >= 15 is 0 Å². The summed E-state index contributed by atoms with van der Waals surface area (Å²) in [6.07, 6.45) is 2.40. The minimum absolute atomic E-state index is 0.0465. The number of halogens is 1. The van der Waals surface area contributed by atoms with Crippen molar-refractivity contribution >= 4 is 5.91 Å². The highest BCUT2D eigenvalue weighted by molar-refractivity contribution is 5.78. The number of ether oxygens (including phenoxy) is 1. The van der Waals surface area contributed by atoms with Crippen LogP contribution in [-0.2, 0) is 17.8 Å². The van der Waals surface area contributed by atoms with Crippen LogP contribution in [0.3, 0.4) is 0 Å². The minimum Gasteiger partial charge on any atom is -0.484 e. The lowest BCUT2D eigenvalue weighted by Crippen LogP contribution is -2.38. The van der Waals surface area contributed by atoms with Gasteiger partial charge in [0.15, 0.2) is 6.61 Å². The zero-order chi connectivity index (χ0) is 13.9. The highest BCUT2D eigenvalue weighted by Gasteiger charge is 2.22.